The summed E-state index contributed by atoms with van der Waals surface area (Å²) in [5.41, 5.74) is -4.78. The number of rotatable bonds is 6. The molecule has 0 amide bonds. The number of halogens is 6. The van der Waals surface area contributed by atoms with Gasteiger partial charge in [0.15, 0.2) is 6.04 Å². The molecule has 160 valence electrons. The molecule has 11 heteroatoms. The first kappa shape index (κ1) is 23.8. The lowest BCUT2D eigenvalue weighted by molar-refractivity contribution is -0.162. The summed E-state index contributed by atoms with van der Waals surface area (Å²) in [6.45, 7) is 5.11. The number of hydrogen-bond donors (Lipinski definition) is 1. The van der Waals surface area contributed by atoms with Crippen molar-refractivity contribution in [1.82, 2.24) is 5.32 Å². The molecule has 0 aliphatic carbocycles. The van der Waals surface area contributed by atoms with Crippen molar-refractivity contribution in [2.75, 3.05) is 13.2 Å². The van der Waals surface area contributed by atoms with Gasteiger partial charge in [-0.3, -0.25) is 0 Å². The number of dihydropyridines is 1. The van der Waals surface area contributed by atoms with Crippen LogP contribution in [0.15, 0.2) is 22.4 Å². The highest BCUT2D eigenvalue weighted by Crippen LogP contribution is 2.42. The molecule has 0 fully saturated rings. The molecule has 1 atom stereocenters. The van der Waals surface area contributed by atoms with E-state index in [-0.39, 0.29) is 13.2 Å². The molecule has 0 aromatic rings. The molecule has 1 rings (SSSR count). The monoisotopic (exact) mass is 417 g/mol. The Morgan fingerprint density at radius 1 is 1.00 bits per heavy atom. The topological polar surface area (TPSA) is 64.6 Å². The zero-order chi connectivity index (χ0) is 21.9. The fourth-order valence-corrected chi connectivity index (χ4v) is 2.72. The van der Waals surface area contributed by atoms with Crippen molar-refractivity contribution in [2.24, 2.45) is 5.92 Å². The van der Waals surface area contributed by atoms with Gasteiger partial charge in [0, 0.05) is 0 Å². The average molecular weight is 417 g/mol. The summed E-state index contributed by atoms with van der Waals surface area (Å²) in [5.74, 6) is -3.39. The Balaban J connectivity index is 3.91. The van der Waals surface area contributed by atoms with Crippen molar-refractivity contribution in [1.29, 1.82) is 0 Å². The van der Waals surface area contributed by atoms with Crippen LogP contribution in [0.2, 0.25) is 0 Å². The van der Waals surface area contributed by atoms with Gasteiger partial charge in [-0.1, -0.05) is 13.8 Å². The SMILES string of the molecule is CCOC(=O)C1=C(C(F)(F)F)NC(C(F)(F)F)C(C(=O)OCC)=C1CC(C)C. The normalized spacial score (nSPS) is 18.3. The Kier molecular flexibility index (Phi) is 7.55. The number of carbonyl (C=O) groups is 2. The average Bonchev–Trinajstić information content (AvgIpc) is 2.51. The summed E-state index contributed by atoms with van der Waals surface area (Å²) in [5, 5.41) is 1.29. The van der Waals surface area contributed by atoms with E-state index >= 15 is 0 Å². The summed E-state index contributed by atoms with van der Waals surface area (Å²) in [7, 11) is 0. The van der Waals surface area contributed by atoms with Crippen molar-refractivity contribution >= 4 is 11.9 Å². The van der Waals surface area contributed by atoms with Gasteiger partial charge in [0.25, 0.3) is 0 Å². The lowest BCUT2D eigenvalue weighted by atomic mass is 9.84. The molecule has 5 nitrogen and oxygen atoms in total. The number of esters is 2. The number of hydrogen-bond acceptors (Lipinski definition) is 5. The maximum absolute atomic E-state index is 13.5. The third kappa shape index (κ3) is 5.41. The van der Waals surface area contributed by atoms with Crippen LogP contribution in [0.3, 0.4) is 0 Å². The summed E-state index contributed by atoms with van der Waals surface area (Å²) in [4.78, 5) is 24.5. The zero-order valence-electron chi connectivity index (χ0n) is 15.7. The number of ether oxygens (including phenoxy) is 2. The largest absolute Gasteiger partial charge is 0.463 e. The van der Waals surface area contributed by atoms with E-state index in [1.807, 2.05) is 0 Å². The minimum Gasteiger partial charge on any atom is -0.463 e. The van der Waals surface area contributed by atoms with E-state index in [9.17, 15) is 35.9 Å². The summed E-state index contributed by atoms with van der Waals surface area (Å²) in [6.07, 6.45) is -11.0. The second kappa shape index (κ2) is 8.87. The number of alkyl halides is 6. The van der Waals surface area contributed by atoms with Crippen LogP contribution in [-0.2, 0) is 19.1 Å². The standard InChI is InChI=1S/C17H21F6NO4/c1-5-27-14(25)10-9(7-8(3)4)11(15(26)28-6-2)13(17(21,22)23)24-12(10)16(18,19)20/h8,12,24H,5-7H2,1-4H3. The van der Waals surface area contributed by atoms with Crippen molar-refractivity contribution in [3.8, 4) is 0 Å². The molecule has 1 heterocycles. The highest BCUT2D eigenvalue weighted by molar-refractivity contribution is 6.01. The molecule has 1 unspecified atom stereocenters. The molecule has 0 saturated carbocycles. The highest BCUT2D eigenvalue weighted by atomic mass is 19.4. The van der Waals surface area contributed by atoms with Crippen LogP contribution in [0.5, 0.6) is 0 Å². The third-order valence-corrected chi connectivity index (χ3v) is 3.65. The van der Waals surface area contributed by atoms with Crippen LogP contribution >= 0.6 is 0 Å². The smallest absolute Gasteiger partial charge is 0.431 e. The van der Waals surface area contributed by atoms with Gasteiger partial charge >= 0.3 is 24.3 Å². The fraction of sp³-hybridized carbons (Fsp3) is 0.647. The van der Waals surface area contributed by atoms with Crippen LogP contribution in [-0.4, -0.2) is 43.5 Å². The fourth-order valence-electron chi connectivity index (χ4n) is 2.72. The van der Waals surface area contributed by atoms with Crippen molar-refractivity contribution in [3.63, 3.8) is 0 Å². The molecular weight excluding hydrogens is 396 g/mol. The maximum Gasteiger partial charge on any atom is 0.431 e. The first-order chi connectivity index (χ1) is 12.8. The molecule has 1 N–H and O–H groups in total. The van der Waals surface area contributed by atoms with Crippen LogP contribution in [0.25, 0.3) is 0 Å². The van der Waals surface area contributed by atoms with Crippen LogP contribution < -0.4 is 5.32 Å². The second-order valence-electron chi connectivity index (χ2n) is 6.30. The number of carbonyl (C=O) groups excluding carboxylic acids is 2. The van der Waals surface area contributed by atoms with Crippen molar-refractivity contribution < 1.29 is 45.4 Å². The van der Waals surface area contributed by atoms with Crippen LogP contribution in [0.4, 0.5) is 26.3 Å². The molecule has 1 aliphatic heterocycles. The van der Waals surface area contributed by atoms with E-state index < -0.39 is 65.1 Å². The molecule has 0 aromatic heterocycles. The van der Waals surface area contributed by atoms with Gasteiger partial charge in [0.2, 0.25) is 0 Å². The summed E-state index contributed by atoms with van der Waals surface area (Å²) < 4.78 is 90.4. The molecule has 1 aliphatic rings. The van der Waals surface area contributed by atoms with E-state index in [1.165, 1.54) is 33.0 Å². The zero-order valence-corrected chi connectivity index (χ0v) is 15.7. The van der Waals surface area contributed by atoms with E-state index in [1.54, 1.807) is 0 Å². The molecule has 0 saturated heterocycles. The van der Waals surface area contributed by atoms with Gasteiger partial charge in [-0.05, 0) is 31.8 Å². The molecule has 28 heavy (non-hydrogen) atoms. The minimum atomic E-state index is -5.31. The Morgan fingerprint density at radius 3 is 1.89 bits per heavy atom. The van der Waals surface area contributed by atoms with E-state index in [2.05, 4.69) is 9.47 Å². The van der Waals surface area contributed by atoms with E-state index in [4.69, 9.17) is 0 Å². The molecule has 0 radical (unpaired) electrons. The van der Waals surface area contributed by atoms with Gasteiger partial charge in [0.05, 0.1) is 24.4 Å². The highest BCUT2D eigenvalue weighted by Gasteiger charge is 2.54. The van der Waals surface area contributed by atoms with Gasteiger partial charge in [-0.15, -0.1) is 0 Å². The lowest BCUT2D eigenvalue weighted by Crippen LogP contribution is -2.52. The summed E-state index contributed by atoms with van der Waals surface area (Å²) in [6, 6.07) is -2.98. The Labute approximate surface area is 157 Å². The number of nitrogens with one attached hydrogen (secondary N) is 1. The first-order valence-electron chi connectivity index (χ1n) is 8.47. The predicted octanol–water partition coefficient (Wildman–Crippen LogP) is 3.81. The first-order valence-corrected chi connectivity index (χ1v) is 8.47. The Bertz CT molecular complexity index is 676. The van der Waals surface area contributed by atoms with Gasteiger partial charge in [-0.25, -0.2) is 9.59 Å². The lowest BCUT2D eigenvalue weighted by Gasteiger charge is -2.34. The van der Waals surface area contributed by atoms with Gasteiger partial charge < -0.3 is 14.8 Å². The van der Waals surface area contributed by atoms with Crippen molar-refractivity contribution in [3.05, 3.63) is 22.4 Å². The van der Waals surface area contributed by atoms with Crippen LogP contribution in [0, 0.1) is 5.92 Å². The maximum atomic E-state index is 13.5. The van der Waals surface area contributed by atoms with E-state index in [0.717, 1.165) is 0 Å². The molecule has 0 bridgehead atoms. The second-order valence-corrected chi connectivity index (χ2v) is 6.30. The Morgan fingerprint density at radius 2 is 1.50 bits per heavy atom. The molecule has 0 aromatic carbocycles. The van der Waals surface area contributed by atoms with Gasteiger partial charge in [0.1, 0.15) is 5.70 Å². The van der Waals surface area contributed by atoms with E-state index in [0.29, 0.717) is 0 Å². The van der Waals surface area contributed by atoms with Crippen molar-refractivity contribution in [2.45, 2.75) is 52.5 Å². The third-order valence-electron chi connectivity index (χ3n) is 3.65. The summed E-state index contributed by atoms with van der Waals surface area (Å²) >= 11 is 0. The van der Waals surface area contributed by atoms with Crippen LogP contribution in [0.1, 0.15) is 34.1 Å². The number of allylic oxidation sites excluding steroid dienone is 1. The predicted molar refractivity (Wildman–Crippen MR) is 85.8 cm³/mol. The quantitative estimate of drug-likeness (QED) is 0.526. The molecule has 0 spiro atoms. The van der Waals surface area contributed by atoms with Gasteiger partial charge in [-0.2, -0.15) is 26.3 Å². The minimum absolute atomic E-state index is 0.299. The Hall–Kier alpha value is -2.20. The molecular formula is C17H21F6NO4.